The van der Waals surface area contributed by atoms with Crippen molar-refractivity contribution in [1.82, 2.24) is 4.98 Å². The van der Waals surface area contributed by atoms with Crippen LogP contribution in [0.1, 0.15) is 31.1 Å². The highest BCUT2D eigenvalue weighted by Gasteiger charge is 2.31. The number of hydrogen-bond acceptors (Lipinski definition) is 7. The van der Waals surface area contributed by atoms with Gasteiger partial charge in [0, 0.05) is 30.7 Å². The molecule has 146 valence electrons. The van der Waals surface area contributed by atoms with Gasteiger partial charge in [-0.25, -0.2) is 4.79 Å². The minimum absolute atomic E-state index is 0.298. The van der Waals surface area contributed by atoms with Crippen molar-refractivity contribution < 1.29 is 23.7 Å². The van der Waals surface area contributed by atoms with Gasteiger partial charge < -0.3 is 23.8 Å². The van der Waals surface area contributed by atoms with Crippen LogP contribution in [-0.2, 0) is 9.47 Å². The van der Waals surface area contributed by atoms with Gasteiger partial charge in [0.2, 0.25) is 0 Å². The molecule has 1 aromatic heterocycles. The van der Waals surface area contributed by atoms with Crippen LogP contribution in [0.4, 0.5) is 5.69 Å². The van der Waals surface area contributed by atoms with Gasteiger partial charge in [0.1, 0.15) is 22.6 Å². The van der Waals surface area contributed by atoms with E-state index >= 15 is 0 Å². The predicted octanol–water partition coefficient (Wildman–Crippen LogP) is 3.04. The molecule has 1 aromatic carbocycles. The highest BCUT2D eigenvalue weighted by atomic mass is 16.5. The van der Waals surface area contributed by atoms with Gasteiger partial charge in [0.05, 0.1) is 38.7 Å². The Bertz CT molecular complexity index is 850. The Hall–Kier alpha value is -2.54. The average molecular weight is 374 g/mol. The summed E-state index contributed by atoms with van der Waals surface area (Å²) in [5, 5.41) is 0.787. The zero-order valence-electron chi connectivity index (χ0n) is 16.5. The molecule has 0 spiro atoms. The summed E-state index contributed by atoms with van der Waals surface area (Å²) >= 11 is 0. The Labute approximate surface area is 159 Å². The molecule has 1 fully saturated rings. The van der Waals surface area contributed by atoms with E-state index < -0.39 is 5.97 Å². The first-order valence-corrected chi connectivity index (χ1v) is 9.01. The van der Waals surface area contributed by atoms with Crippen LogP contribution < -0.4 is 14.4 Å². The van der Waals surface area contributed by atoms with Gasteiger partial charge in [0.25, 0.3) is 0 Å². The summed E-state index contributed by atoms with van der Waals surface area (Å²) in [6, 6.07) is 3.66. The van der Waals surface area contributed by atoms with Crippen LogP contribution in [0, 0.1) is 0 Å². The smallest absolute Gasteiger partial charge is 0.341 e. The van der Waals surface area contributed by atoms with E-state index in [1.165, 1.54) is 0 Å². The van der Waals surface area contributed by atoms with Crippen molar-refractivity contribution in [3.63, 3.8) is 0 Å². The number of methoxy groups -OCH3 is 2. The first-order valence-electron chi connectivity index (χ1n) is 9.01. The molecular weight excluding hydrogens is 348 g/mol. The molecule has 0 bridgehead atoms. The first kappa shape index (κ1) is 19.2. The van der Waals surface area contributed by atoms with Crippen molar-refractivity contribution in [2.24, 2.45) is 0 Å². The largest absolute Gasteiger partial charge is 0.497 e. The van der Waals surface area contributed by atoms with Crippen LogP contribution in [0.3, 0.4) is 0 Å². The molecule has 2 aromatic rings. The van der Waals surface area contributed by atoms with Crippen molar-refractivity contribution >= 4 is 22.6 Å². The van der Waals surface area contributed by atoms with Crippen LogP contribution in [0.25, 0.3) is 10.9 Å². The number of aromatic nitrogens is 1. The standard InChI is InChI=1S/C20H26N2O5/c1-6-26-19(23)15-11-21-17-14(9-13(24-4)10-16(17)25-5)18(15)22-7-8-27-20(2,3)12-22/h9-11H,6-8,12H2,1-5H3. The number of nitrogens with zero attached hydrogens (tertiary/aromatic N) is 2. The lowest BCUT2D eigenvalue weighted by Gasteiger charge is -2.40. The fourth-order valence-electron chi connectivity index (χ4n) is 3.41. The lowest BCUT2D eigenvalue weighted by Crippen LogP contribution is -2.48. The van der Waals surface area contributed by atoms with Crippen LogP contribution in [-0.4, -0.2) is 57.1 Å². The number of ether oxygens (including phenoxy) is 4. The third-order valence-corrected chi connectivity index (χ3v) is 4.57. The highest BCUT2D eigenvalue weighted by molar-refractivity contribution is 6.07. The number of pyridine rings is 1. The van der Waals surface area contributed by atoms with Crippen LogP contribution in [0.5, 0.6) is 11.5 Å². The highest BCUT2D eigenvalue weighted by Crippen LogP contribution is 2.39. The van der Waals surface area contributed by atoms with Crippen LogP contribution in [0.2, 0.25) is 0 Å². The summed E-state index contributed by atoms with van der Waals surface area (Å²) in [5.41, 5.74) is 1.54. The van der Waals surface area contributed by atoms with Gasteiger partial charge in [-0.15, -0.1) is 0 Å². The van der Waals surface area contributed by atoms with E-state index in [1.807, 2.05) is 19.9 Å². The van der Waals surface area contributed by atoms with Gasteiger partial charge in [-0.3, -0.25) is 4.98 Å². The fourth-order valence-corrected chi connectivity index (χ4v) is 3.41. The summed E-state index contributed by atoms with van der Waals surface area (Å²) in [4.78, 5) is 19.3. The van der Waals surface area contributed by atoms with Gasteiger partial charge in [-0.05, 0) is 26.8 Å². The number of benzene rings is 1. The maximum absolute atomic E-state index is 12.6. The molecule has 1 saturated heterocycles. The zero-order valence-corrected chi connectivity index (χ0v) is 16.5. The van der Waals surface area contributed by atoms with Gasteiger partial charge in [-0.1, -0.05) is 0 Å². The van der Waals surface area contributed by atoms with Crippen molar-refractivity contribution in [3.8, 4) is 11.5 Å². The van der Waals surface area contributed by atoms with E-state index in [-0.39, 0.29) is 5.60 Å². The van der Waals surface area contributed by atoms with E-state index in [2.05, 4.69) is 9.88 Å². The molecule has 2 heterocycles. The molecule has 1 aliphatic heterocycles. The third kappa shape index (κ3) is 3.78. The molecule has 0 saturated carbocycles. The second kappa shape index (κ2) is 7.60. The summed E-state index contributed by atoms with van der Waals surface area (Å²) < 4.78 is 22.0. The SMILES string of the molecule is CCOC(=O)c1cnc2c(OC)cc(OC)cc2c1N1CCOC(C)(C)C1. The van der Waals surface area contributed by atoms with E-state index in [4.69, 9.17) is 18.9 Å². The number of carbonyl (C=O) groups excluding carboxylic acids is 1. The molecule has 0 N–H and O–H groups in total. The monoisotopic (exact) mass is 374 g/mol. The summed E-state index contributed by atoms with van der Waals surface area (Å²) in [5.74, 6) is 0.831. The van der Waals surface area contributed by atoms with Crippen molar-refractivity contribution in [2.45, 2.75) is 26.4 Å². The number of esters is 1. The number of anilines is 1. The Kier molecular flexibility index (Phi) is 5.41. The molecule has 27 heavy (non-hydrogen) atoms. The molecule has 0 amide bonds. The van der Waals surface area contributed by atoms with Gasteiger partial charge in [-0.2, -0.15) is 0 Å². The van der Waals surface area contributed by atoms with E-state index in [0.717, 1.165) is 11.1 Å². The Morgan fingerprint density at radius 3 is 2.70 bits per heavy atom. The summed E-state index contributed by atoms with van der Waals surface area (Å²) in [6.45, 7) is 8.02. The molecule has 3 rings (SSSR count). The van der Waals surface area contributed by atoms with E-state index in [9.17, 15) is 4.79 Å². The molecule has 7 nitrogen and oxygen atoms in total. The zero-order chi connectivity index (χ0) is 19.6. The molecule has 0 atom stereocenters. The second-order valence-electron chi connectivity index (χ2n) is 7.00. The van der Waals surface area contributed by atoms with Crippen molar-refractivity contribution in [1.29, 1.82) is 0 Å². The molecular formula is C20H26N2O5. The lowest BCUT2D eigenvalue weighted by atomic mass is 10.0. The number of carbonyl (C=O) groups is 1. The lowest BCUT2D eigenvalue weighted by molar-refractivity contribution is -0.0277. The third-order valence-electron chi connectivity index (χ3n) is 4.57. The average Bonchev–Trinajstić information content (AvgIpc) is 2.65. The van der Waals surface area contributed by atoms with Crippen LogP contribution in [0.15, 0.2) is 18.3 Å². The van der Waals surface area contributed by atoms with Crippen molar-refractivity contribution in [2.75, 3.05) is 45.4 Å². The molecule has 0 unspecified atom stereocenters. The summed E-state index contributed by atoms with van der Waals surface area (Å²) in [6.07, 6.45) is 1.56. The normalized spacial score (nSPS) is 16.3. The van der Waals surface area contributed by atoms with Crippen molar-refractivity contribution in [3.05, 3.63) is 23.9 Å². The fraction of sp³-hybridized carbons (Fsp3) is 0.500. The second-order valence-corrected chi connectivity index (χ2v) is 7.00. The Morgan fingerprint density at radius 2 is 2.07 bits per heavy atom. The van der Waals surface area contributed by atoms with Gasteiger partial charge in [0.15, 0.2) is 0 Å². The van der Waals surface area contributed by atoms with E-state index in [0.29, 0.717) is 48.9 Å². The maximum atomic E-state index is 12.6. The summed E-state index contributed by atoms with van der Waals surface area (Å²) in [7, 11) is 3.19. The number of fused-ring (bicyclic) bond motifs is 1. The van der Waals surface area contributed by atoms with Crippen LogP contribution >= 0.6 is 0 Å². The minimum atomic E-state index is -0.395. The number of rotatable bonds is 5. The number of hydrogen-bond donors (Lipinski definition) is 0. The molecule has 0 aliphatic carbocycles. The maximum Gasteiger partial charge on any atom is 0.341 e. The Balaban J connectivity index is 2.27. The topological polar surface area (TPSA) is 70.1 Å². The minimum Gasteiger partial charge on any atom is -0.497 e. The predicted molar refractivity (Wildman–Crippen MR) is 103 cm³/mol. The first-order chi connectivity index (χ1) is 12.9. The number of morpholine rings is 1. The molecule has 7 heteroatoms. The Morgan fingerprint density at radius 1 is 1.30 bits per heavy atom. The molecule has 1 aliphatic rings. The molecule has 0 radical (unpaired) electrons. The van der Waals surface area contributed by atoms with Gasteiger partial charge >= 0.3 is 5.97 Å². The quantitative estimate of drug-likeness (QED) is 0.745. The van der Waals surface area contributed by atoms with E-state index in [1.54, 1.807) is 33.4 Å².